The van der Waals surface area contributed by atoms with Gasteiger partial charge in [0, 0.05) is 25.7 Å². The van der Waals surface area contributed by atoms with Gasteiger partial charge in [0.1, 0.15) is 0 Å². The van der Waals surface area contributed by atoms with Crippen molar-refractivity contribution in [2.24, 2.45) is 0 Å². The SMILES string of the molecule is CCC(=O)OC(=O)CC.CCC(=O)OC(=O)CC.O=C(OC(=O)C(Cl)(Cl)Cl)C(Cl)(Cl)Cl. The van der Waals surface area contributed by atoms with Gasteiger partial charge in [0.15, 0.2) is 0 Å². The first-order chi connectivity index (χ1) is 14.0. The fourth-order valence-electron chi connectivity index (χ4n) is 0.743. The molecule has 0 aromatic carbocycles. The van der Waals surface area contributed by atoms with Crippen LogP contribution in [-0.4, -0.2) is 43.4 Å². The number of halogens is 6. The Kier molecular flexibility index (Phi) is 19.8. The van der Waals surface area contributed by atoms with E-state index in [1.807, 2.05) is 0 Å². The van der Waals surface area contributed by atoms with Crippen LogP contribution in [0.1, 0.15) is 53.4 Å². The van der Waals surface area contributed by atoms with Crippen LogP contribution in [0.25, 0.3) is 0 Å². The second-order valence-corrected chi connectivity index (χ2v) is 9.34. The molecule has 0 amide bonds. The van der Waals surface area contributed by atoms with Crippen molar-refractivity contribution in [3.8, 4) is 0 Å². The maximum Gasteiger partial charge on any atom is 0.366 e. The van der Waals surface area contributed by atoms with Crippen LogP contribution >= 0.6 is 69.6 Å². The number of ether oxygens (including phenoxy) is 3. The number of hydrogen-bond acceptors (Lipinski definition) is 9. The van der Waals surface area contributed by atoms with Gasteiger partial charge in [0.05, 0.1) is 0 Å². The van der Waals surface area contributed by atoms with E-state index in [1.165, 1.54) is 0 Å². The molecule has 180 valence electrons. The molecule has 0 rings (SSSR count). The molecule has 0 aliphatic rings. The van der Waals surface area contributed by atoms with Crippen molar-refractivity contribution in [1.29, 1.82) is 0 Å². The molecule has 31 heavy (non-hydrogen) atoms. The maximum atomic E-state index is 10.7. The molecule has 0 spiro atoms. The van der Waals surface area contributed by atoms with Gasteiger partial charge >= 0.3 is 35.8 Å². The van der Waals surface area contributed by atoms with Crippen molar-refractivity contribution < 1.29 is 43.0 Å². The summed E-state index contributed by atoms with van der Waals surface area (Å²) >= 11 is 30.3. The van der Waals surface area contributed by atoms with Gasteiger partial charge in [-0.3, -0.25) is 19.2 Å². The fourth-order valence-corrected chi connectivity index (χ4v) is 0.974. The summed E-state index contributed by atoms with van der Waals surface area (Å²) in [6, 6.07) is 0. The summed E-state index contributed by atoms with van der Waals surface area (Å²) in [5.74, 6) is -4.70. The molecule has 0 N–H and O–H groups in total. The Balaban J connectivity index is -0.000000390. The molecular weight excluding hydrogens is 549 g/mol. The number of carbonyl (C=O) groups excluding carboxylic acids is 6. The zero-order valence-corrected chi connectivity index (χ0v) is 21.3. The highest BCUT2D eigenvalue weighted by molar-refractivity contribution is 6.77. The van der Waals surface area contributed by atoms with Gasteiger partial charge in [-0.05, 0) is 0 Å². The lowest BCUT2D eigenvalue weighted by atomic mass is 10.5. The average Bonchev–Trinajstić information content (AvgIpc) is 2.66. The van der Waals surface area contributed by atoms with Gasteiger partial charge in [0.25, 0.3) is 7.59 Å². The van der Waals surface area contributed by atoms with Crippen molar-refractivity contribution in [2.75, 3.05) is 0 Å². The lowest BCUT2D eigenvalue weighted by molar-refractivity contribution is -0.160. The molecule has 0 saturated carbocycles. The van der Waals surface area contributed by atoms with E-state index in [2.05, 4.69) is 14.2 Å². The van der Waals surface area contributed by atoms with E-state index in [4.69, 9.17) is 69.6 Å². The van der Waals surface area contributed by atoms with Crippen molar-refractivity contribution in [2.45, 2.75) is 61.0 Å². The third kappa shape index (κ3) is 22.2. The molecule has 0 aliphatic heterocycles. The van der Waals surface area contributed by atoms with Gasteiger partial charge < -0.3 is 14.2 Å². The Hall–Kier alpha value is -0.840. The minimum atomic E-state index is -2.38. The lowest BCUT2D eigenvalue weighted by Gasteiger charge is -2.12. The average molecular weight is 569 g/mol. The minimum Gasteiger partial charge on any atom is -0.393 e. The zero-order valence-electron chi connectivity index (χ0n) is 16.8. The topological polar surface area (TPSA) is 130 Å². The smallest absolute Gasteiger partial charge is 0.366 e. The third-order valence-electron chi connectivity index (χ3n) is 2.26. The van der Waals surface area contributed by atoms with E-state index < -0.39 is 43.4 Å². The van der Waals surface area contributed by atoms with Crippen LogP contribution in [-0.2, 0) is 43.0 Å². The van der Waals surface area contributed by atoms with Crippen LogP contribution in [0.15, 0.2) is 0 Å². The van der Waals surface area contributed by atoms with Crippen molar-refractivity contribution in [1.82, 2.24) is 0 Å². The summed E-state index contributed by atoms with van der Waals surface area (Å²) in [6.07, 6.45) is 1.02. The zero-order chi connectivity index (χ0) is 25.4. The molecule has 15 heteroatoms. The minimum absolute atomic E-state index is 0.256. The first-order valence-corrected chi connectivity index (χ1v) is 10.6. The number of rotatable bonds is 4. The van der Waals surface area contributed by atoms with E-state index in [-0.39, 0.29) is 25.7 Å². The fraction of sp³-hybridized carbons (Fsp3) is 0.625. The van der Waals surface area contributed by atoms with Crippen LogP contribution in [0.4, 0.5) is 0 Å². The maximum absolute atomic E-state index is 10.7. The Morgan fingerprint density at radius 2 is 0.677 bits per heavy atom. The second kappa shape index (κ2) is 17.7. The molecular formula is C16H20Cl6O9. The monoisotopic (exact) mass is 566 g/mol. The molecule has 0 bridgehead atoms. The quantitative estimate of drug-likeness (QED) is 0.207. The molecule has 0 atom stereocenters. The van der Waals surface area contributed by atoms with Crippen LogP contribution in [0.2, 0.25) is 0 Å². The number of esters is 6. The Morgan fingerprint density at radius 1 is 0.484 bits per heavy atom. The van der Waals surface area contributed by atoms with Crippen molar-refractivity contribution in [3.63, 3.8) is 0 Å². The highest BCUT2D eigenvalue weighted by Crippen LogP contribution is 2.31. The van der Waals surface area contributed by atoms with E-state index in [1.54, 1.807) is 27.7 Å². The van der Waals surface area contributed by atoms with Gasteiger partial charge in [-0.2, -0.15) is 0 Å². The predicted octanol–water partition coefficient (Wildman–Crippen LogP) is 4.55. The molecule has 0 heterocycles. The van der Waals surface area contributed by atoms with E-state index in [0.717, 1.165) is 0 Å². The summed E-state index contributed by atoms with van der Waals surface area (Å²) in [6.45, 7) is 6.58. The summed E-state index contributed by atoms with van der Waals surface area (Å²) in [4.78, 5) is 62.8. The van der Waals surface area contributed by atoms with Gasteiger partial charge in [0.2, 0.25) is 0 Å². The summed E-state index contributed by atoms with van der Waals surface area (Å²) in [5, 5.41) is 0. The van der Waals surface area contributed by atoms with Gasteiger partial charge in [-0.25, -0.2) is 9.59 Å². The molecule has 0 fully saturated rings. The van der Waals surface area contributed by atoms with E-state index >= 15 is 0 Å². The van der Waals surface area contributed by atoms with Crippen molar-refractivity contribution in [3.05, 3.63) is 0 Å². The van der Waals surface area contributed by atoms with E-state index in [0.29, 0.717) is 0 Å². The Labute approximate surface area is 208 Å². The summed E-state index contributed by atoms with van der Waals surface area (Å²) in [5.41, 5.74) is 0. The highest BCUT2D eigenvalue weighted by Gasteiger charge is 2.40. The molecule has 0 radical (unpaired) electrons. The Bertz CT molecular complexity index is 556. The molecule has 0 saturated heterocycles. The molecule has 0 aromatic rings. The van der Waals surface area contributed by atoms with Crippen LogP contribution in [0, 0.1) is 0 Å². The van der Waals surface area contributed by atoms with E-state index in [9.17, 15) is 28.8 Å². The molecule has 9 nitrogen and oxygen atoms in total. The molecule has 0 unspecified atom stereocenters. The Morgan fingerprint density at radius 3 is 0.806 bits per heavy atom. The van der Waals surface area contributed by atoms with Crippen LogP contribution in [0.3, 0.4) is 0 Å². The first kappa shape index (κ1) is 34.8. The van der Waals surface area contributed by atoms with Crippen molar-refractivity contribution >= 4 is 105 Å². The second-order valence-electron chi connectivity index (χ2n) is 4.78. The summed E-state index contributed by atoms with van der Waals surface area (Å²) < 4.78 is 7.68. The van der Waals surface area contributed by atoms with Crippen LogP contribution < -0.4 is 0 Å². The molecule has 0 aromatic heterocycles. The molecule has 0 aliphatic carbocycles. The predicted molar refractivity (Wildman–Crippen MR) is 115 cm³/mol. The normalized spacial score (nSPS) is 10.3. The van der Waals surface area contributed by atoms with Gasteiger partial charge in [-0.15, -0.1) is 0 Å². The number of carbonyl (C=O) groups is 6. The summed E-state index contributed by atoms with van der Waals surface area (Å²) in [7, 11) is 0. The number of hydrogen-bond donors (Lipinski definition) is 0. The lowest BCUT2D eigenvalue weighted by Crippen LogP contribution is -2.31. The largest absolute Gasteiger partial charge is 0.393 e. The highest BCUT2D eigenvalue weighted by atomic mass is 35.6. The first-order valence-electron chi connectivity index (χ1n) is 8.33. The number of alkyl halides is 6. The third-order valence-corrected chi connectivity index (χ3v) is 3.18. The standard InChI is InChI=1S/2C6H10O3.C4Cl6O3/c2*1-3-5(7)9-6(8)4-2;5-3(6,7)1(11)13-2(12)4(8,9)10/h2*3-4H2,1-2H3;. The van der Waals surface area contributed by atoms with Crippen LogP contribution in [0.5, 0.6) is 0 Å². The van der Waals surface area contributed by atoms with Gasteiger partial charge in [-0.1, -0.05) is 97.3 Å².